The van der Waals surface area contributed by atoms with Crippen LogP contribution in [-0.2, 0) is 16.7 Å². The summed E-state index contributed by atoms with van der Waals surface area (Å²) in [6.45, 7) is 12.2. The molecule has 0 unspecified atom stereocenters. The topological polar surface area (TPSA) is 60.5 Å². The first-order chi connectivity index (χ1) is 16.7. The number of ether oxygens (including phenoxy) is 2. The first kappa shape index (κ1) is 25.7. The minimum absolute atomic E-state index is 0.0979. The van der Waals surface area contributed by atoms with Crippen LogP contribution in [-0.4, -0.2) is 30.6 Å². The third-order valence-electron chi connectivity index (χ3n) is 7.41. The van der Waals surface area contributed by atoms with Crippen molar-refractivity contribution in [2.24, 2.45) is 0 Å². The number of hydrogen-bond donors (Lipinski definition) is 1. The van der Waals surface area contributed by atoms with Crippen LogP contribution in [0.25, 0.3) is 0 Å². The molecule has 1 N–H and O–H groups in total. The second-order valence-electron chi connectivity index (χ2n) is 11.4. The molecule has 1 aromatic carbocycles. The molecule has 35 heavy (non-hydrogen) atoms. The average Bonchev–Trinajstić information content (AvgIpc) is 2.80. The van der Waals surface area contributed by atoms with E-state index >= 15 is 0 Å². The molecular weight excluding hydrogens is 436 g/mol. The van der Waals surface area contributed by atoms with Crippen LogP contribution in [0, 0.1) is 6.07 Å². The average molecular weight is 478 g/mol. The second kappa shape index (κ2) is 10.7. The van der Waals surface area contributed by atoms with E-state index in [-0.39, 0.29) is 23.2 Å². The van der Waals surface area contributed by atoms with E-state index < -0.39 is 0 Å². The number of methoxy groups -OCH3 is 1. The molecular formula is C30H41N2O3. The van der Waals surface area contributed by atoms with Crippen molar-refractivity contribution in [1.29, 1.82) is 0 Å². The predicted molar refractivity (Wildman–Crippen MR) is 141 cm³/mol. The molecule has 2 aliphatic rings. The minimum Gasteiger partial charge on any atom is -0.481 e. The Morgan fingerprint density at radius 3 is 2.57 bits per heavy atom. The quantitative estimate of drug-likeness (QED) is 0.417. The second-order valence-corrected chi connectivity index (χ2v) is 11.4. The Bertz CT molecular complexity index is 1040. The number of carbonyl (C=O) groups excluding carboxylic acids is 1. The van der Waals surface area contributed by atoms with Crippen molar-refractivity contribution in [1.82, 2.24) is 4.98 Å². The van der Waals surface area contributed by atoms with Gasteiger partial charge in [0, 0.05) is 42.2 Å². The highest BCUT2D eigenvalue weighted by molar-refractivity contribution is 6.02. The van der Waals surface area contributed by atoms with Crippen LogP contribution in [0.5, 0.6) is 5.88 Å². The number of ketones is 1. The zero-order chi connectivity index (χ0) is 25.2. The summed E-state index contributed by atoms with van der Waals surface area (Å²) in [4.78, 5) is 18.1. The number of nitrogens with zero attached hydrogens (tertiary/aromatic N) is 1. The number of nitrogens with one attached hydrogen (secondary N) is 1. The Balaban J connectivity index is 1.69. The van der Waals surface area contributed by atoms with Crippen LogP contribution < -0.4 is 10.1 Å². The van der Waals surface area contributed by atoms with Crippen LogP contribution in [0.1, 0.15) is 118 Å². The monoisotopic (exact) mass is 477 g/mol. The van der Waals surface area contributed by atoms with Crippen molar-refractivity contribution in [2.75, 3.05) is 19.0 Å². The lowest BCUT2D eigenvalue weighted by Gasteiger charge is -2.31. The number of Topliss-reactive ketones (excluding diaryl/α,β-unsaturated/α-hetero) is 1. The molecule has 2 aromatic rings. The Morgan fingerprint density at radius 2 is 2.00 bits per heavy atom. The van der Waals surface area contributed by atoms with Gasteiger partial charge in [0.25, 0.3) is 0 Å². The normalized spacial score (nSPS) is 18.9. The molecule has 1 atom stereocenters. The van der Waals surface area contributed by atoms with Gasteiger partial charge < -0.3 is 14.8 Å². The fraction of sp³-hybridized carbons (Fsp3) is 0.600. The summed E-state index contributed by atoms with van der Waals surface area (Å²) in [7, 11) is 1.67. The first-order valence-electron chi connectivity index (χ1n) is 13.2. The first-order valence-corrected chi connectivity index (χ1v) is 13.2. The number of carbonyl (C=O) groups is 1. The maximum Gasteiger partial charge on any atom is 0.218 e. The van der Waals surface area contributed by atoms with Gasteiger partial charge in [0.2, 0.25) is 5.88 Å². The number of benzene rings is 1. The van der Waals surface area contributed by atoms with Gasteiger partial charge in [0.15, 0.2) is 5.78 Å². The fourth-order valence-electron chi connectivity index (χ4n) is 5.38. The zero-order valence-electron chi connectivity index (χ0n) is 22.3. The smallest absolute Gasteiger partial charge is 0.218 e. The van der Waals surface area contributed by atoms with Crippen LogP contribution >= 0.6 is 0 Å². The van der Waals surface area contributed by atoms with Gasteiger partial charge >= 0.3 is 0 Å². The molecule has 189 valence electrons. The summed E-state index contributed by atoms with van der Waals surface area (Å²) < 4.78 is 11.4. The molecule has 2 fully saturated rings. The maximum atomic E-state index is 13.5. The highest BCUT2D eigenvalue weighted by Gasteiger charge is 2.31. The van der Waals surface area contributed by atoms with Gasteiger partial charge in [-0.15, -0.1) is 0 Å². The van der Waals surface area contributed by atoms with Gasteiger partial charge in [0.05, 0.1) is 7.11 Å². The molecule has 5 nitrogen and oxygen atoms in total. The molecule has 1 aliphatic heterocycles. The van der Waals surface area contributed by atoms with Crippen molar-refractivity contribution < 1.29 is 14.3 Å². The number of hydrogen-bond acceptors (Lipinski definition) is 5. The Morgan fingerprint density at radius 1 is 1.23 bits per heavy atom. The summed E-state index contributed by atoms with van der Waals surface area (Å²) in [5, 5.41) is 3.64. The predicted octanol–water partition coefficient (Wildman–Crippen LogP) is 6.94. The molecule has 4 rings (SSSR count). The van der Waals surface area contributed by atoms with Crippen molar-refractivity contribution >= 4 is 11.5 Å². The van der Waals surface area contributed by atoms with Gasteiger partial charge in [-0.2, -0.15) is 0 Å². The van der Waals surface area contributed by atoms with Crippen LogP contribution in [0.15, 0.2) is 18.3 Å². The molecule has 0 spiro atoms. The van der Waals surface area contributed by atoms with E-state index in [0.717, 1.165) is 47.2 Å². The van der Waals surface area contributed by atoms with Crippen molar-refractivity contribution in [3.63, 3.8) is 0 Å². The molecule has 0 amide bonds. The van der Waals surface area contributed by atoms with E-state index in [1.807, 2.05) is 12.3 Å². The largest absolute Gasteiger partial charge is 0.481 e. The Kier molecular flexibility index (Phi) is 7.85. The summed E-state index contributed by atoms with van der Waals surface area (Å²) >= 11 is 0. The molecule has 1 aromatic heterocycles. The molecule has 5 heteroatoms. The zero-order valence-corrected chi connectivity index (χ0v) is 22.3. The van der Waals surface area contributed by atoms with Gasteiger partial charge in [-0.3, -0.25) is 4.79 Å². The van der Waals surface area contributed by atoms with Crippen molar-refractivity contribution in [2.45, 2.75) is 103 Å². The summed E-state index contributed by atoms with van der Waals surface area (Å²) in [6, 6.07) is 7.57. The van der Waals surface area contributed by atoms with Crippen molar-refractivity contribution in [3.8, 4) is 5.88 Å². The highest BCUT2D eigenvalue weighted by atomic mass is 16.5. The number of rotatable bonds is 8. The lowest BCUT2D eigenvalue weighted by atomic mass is 9.76. The lowest BCUT2D eigenvalue weighted by molar-refractivity contribution is 0.0185. The molecule has 2 heterocycles. The van der Waals surface area contributed by atoms with Crippen LogP contribution in [0.3, 0.4) is 0 Å². The number of aromatic nitrogens is 1. The standard InChI is InChI=1S/C30H41N2O3/c1-19(2)26-23(28(33)25-12-7-8-15-35-25)13-14-24(27(26)30(3,4)5)31-18-22-16-21(20-10-9-11-20)17-32-29(22)34-6/h13,16-17,19-20,25,31H,7-12,15,18H2,1-6H3/t25-/m0/s1. The third-order valence-corrected chi connectivity index (χ3v) is 7.41. The number of anilines is 1. The van der Waals surface area contributed by atoms with Gasteiger partial charge in [-0.25, -0.2) is 4.98 Å². The summed E-state index contributed by atoms with van der Waals surface area (Å²) in [5.41, 5.74) is 6.13. The van der Waals surface area contributed by atoms with Gasteiger partial charge in [-0.05, 0) is 78.2 Å². The maximum absolute atomic E-state index is 13.5. The third kappa shape index (κ3) is 5.55. The summed E-state index contributed by atoms with van der Waals surface area (Å²) in [6.07, 6.45) is 8.26. The SMILES string of the molecule is COc1ncc(C2CCC2)cc1CNc1[c]cc(C(=O)[C@@H]2CCCCO2)c(C(C)C)c1C(C)(C)C. The molecule has 0 bridgehead atoms. The number of pyridine rings is 1. The van der Waals surface area contributed by atoms with E-state index in [9.17, 15) is 4.79 Å². The van der Waals surface area contributed by atoms with Gasteiger partial charge in [0.1, 0.15) is 6.10 Å². The molecule has 1 saturated carbocycles. The fourth-order valence-corrected chi connectivity index (χ4v) is 5.38. The van der Waals surface area contributed by atoms with Gasteiger partial charge in [-0.1, -0.05) is 41.0 Å². The van der Waals surface area contributed by atoms with Crippen LogP contribution in [0.2, 0.25) is 0 Å². The molecule has 1 aliphatic carbocycles. The van der Waals surface area contributed by atoms with E-state index in [4.69, 9.17) is 9.47 Å². The van der Waals surface area contributed by atoms with E-state index in [0.29, 0.717) is 24.9 Å². The van der Waals surface area contributed by atoms with Crippen molar-refractivity contribution in [3.05, 3.63) is 52.2 Å². The van der Waals surface area contributed by atoms with E-state index in [2.05, 4.69) is 57.1 Å². The summed E-state index contributed by atoms with van der Waals surface area (Å²) in [5.74, 6) is 1.56. The molecule has 1 saturated heterocycles. The lowest BCUT2D eigenvalue weighted by Crippen LogP contribution is -2.30. The highest BCUT2D eigenvalue weighted by Crippen LogP contribution is 2.40. The minimum atomic E-state index is -0.342. The Labute approximate surface area is 211 Å². The molecule has 1 radical (unpaired) electrons. The Hall–Kier alpha value is -2.40. The van der Waals surface area contributed by atoms with Crippen LogP contribution in [0.4, 0.5) is 5.69 Å². The van der Waals surface area contributed by atoms with E-state index in [1.165, 1.54) is 24.8 Å². The van der Waals surface area contributed by atoms with E-state index in [1.54, 1.807) is 7.11 Å².